The van der Waals surface area contributed by atoms with Gasteiger partial charge >= 0.3 is 0 Å². The van der Waals surface area contributed by atoms with Gasteiger partial charge in [0.25, 0.3) is 0 Å². The zero-order chi connectivity index (χ0) is 13.8. The third-order valence-corrected chi connectivity index (χ3v) is 3.43. The van der Waals surface area contributed by atoms with E-state index in [0.717, 1.165) is 16.6 Å². The fraction of sp³-hybridized carbons (Fsp3) is 0.462. The summed E-state index contributed by atoms with van der Waals surface area (Å²) in [5.41, 5.74) is 5.56. The van der Waals surface area contributed by atoms with Gasteiger partial charge in [-0.1, -0.05) is 28.1 Å². The molecule has 0 radical (unpaired) electrons. The summed E-state index contributed by atoms with van der Waals surface area (Å²) >= 11 is 3.41. The number of rotatable bonds is 6. The molecule has 0 saturated carbocycles. The van der Waals surface area contributed by atoms with E-state index >= 15 is 0 Å². The van der Waals surface area contributed by atoms with Crippen LogP contribution < -0.4 is 11.1 Å². The minimum atomic E-state index is -0.847. The lowest BCUT2D eigenvalue weighted by Crippen LogP contribution is -2.51. The molecule has 1 amide bonds. The average Bonchev–Trinajstić information content (AvgIpc) is 2.28. The molecule has 0 aromatic heterocycles. The van der Waals surface area contributed by atoms with Crippen molar-refractivity contribution in [3.05, 3.63) is 34.3 Å². The lowest BCUT2D eigenvalue weighted by Gasteiger charge is -2.29. The molecule has 0 spiro atoms. The fourth-order valence-corrected chi connectivity index (χ4v) is 2.06. The number of primary amides is 1. The van der Waals surface area contributed by atoms with Crippen molar-refractivity contribution >= 4 is 21.8 Å². The molecule has 0 aliphatic carbocycles. The van der Waals surface area contributed by atoms with E-state index in [-0.39, 0.29) is 5.91 Å². The maximum absolute atomic E-state index is 11.7. The predicted octanol–water partition coefficient (Wildman–Crippen LogP) is 1.30. The number of likely N-dealkylation sites (N-methyl/N-ethyl adjacent to an activating group) is 1. The second kappa shape index (κ2) is 6.31. The van der Waals surface area contributed by atoms with Crippen molar-refractivity contribution in [2.75, 3.05) is 27.2 Å². The van der Waals surface area contributed by atoms with Gasteiger partial charge in [-0.2, -0.15) is 0 Å². The third-order valence-electron chi connectivity index (χ3n) is 2.93. The van der Waals surface area contributed by atoms with Crippen LogP contribution in [0.2, 0.25) is 0 Å². The van der Waals surface area contributed by atoms with E-state index in [1.54, 1.807) is 0 Å². The second-order valence-corrected chi connectivity index (χ2v) is 5.65. The highest BCUT2D eigenvalue weighted by Crippen LogP contribution is 2.23. The molecule has 0 aliphatic rings. The first-order valence-corrected chi connectivity index (χ1v) is 6.61. The molecule has 5 heteroatoms. The normalized spacial score (nSPS) is 14.5. The molecule has 4 nitrogen and oxygen atoms in total. The van der Waals surface area contributed by atoms with Crippen LogP contribution in [-0.2, 0) is 10.3 Å². The van der Waals surface area contributed by atoms with Crippen LogP contribution in [0.15, 0.2) is 28.7 Å². The molecule has 3 N–H and O–H groups in total. The number of halogens is 1. The SMILES string of the molecule is CN(C)CCNC(C)(C(N)=O)c1cccc(Br)c1. The zero-order valence-electron chi connectivity index (χ0n) is 11.0. The average molecular weight is 314 g/mol. The highest BCUT2D eigenvalue weighted by Gasteiger charge is 2.32. The van der Waals surface area contributed by atoms with Gasteiger partial charge in [-0.05, 0) is 38.7 Å². The van der Waals surface area contributed by atoms with Gasteiger partial charge in [0.15, 0.2) is 0 Å². The van der Waals surface area contributed by atoms with Gasteiger partial charge in [-0.25, -0.2) is 0 Å². The number of carbonyl (C=O) groups excluding carboxylic acids is 1. The number of benzene rings is 1. The predicted molar refractivity (Wildman–Crippen MR) is 77.2 cm³/mol. The lowest BCUT2D eigenvalue weighted by molar-refractivity contribution is -0.124. The molecule has 0 aliphatic heterocycles. The van der Waals surface area contributed by atoms with Crippen LogP contribution >= 0.6 is 15.9 Å². The summed E-state index contributed by atoms with van der Waals surface area (Å²) < 4.78 is 0.932. The van der Waals surface area contributed by atoms with Gasteiger partial charge in [0, 0.05) is 17.6 Å². The van der Waals surface area contributed by atoms with Crippen LogP contribution in [0, 0.1) is 0 Å². The first kappa shape index (κ1) is 15.1. The highest BCUT2D eigenvalue weighted by molar-refractivity contribution is 9.10. The maximum Gasteiger partial charge on any atom is 0.242 e. The molecule has 1 aromatic carbocycles. The summed E-state index contributed by atoms with van der Waals surface area (Å²) in [6.45, 7) is 3.35. The van der Waals surface area contributed by atoms with Crippen molar-refractivity contribution in [1.29, 1.82) is 0 Å². The summed E-state index contributed by atoms with van der Waals surface area (Å²) in [5.74, 6) is -0.376. The molecular weight excluding hydrogens is 294 g/mol. The van der Waals surface area contributed by atoms with E-state index in [1.165, 1.54) is 0 Å². The Balaban J connectivity index is 2.90. The van der Waals surface area contributed by atoms with Crippen LogP contribution in [0.3, 0.4) is 0 Å². The molecule has 1 atom stereocenters. The van der Waals surface area contributed by atoms with Crippen molar-refractivity contribution in [2.24, 2.45) is 5.73 Å². The Morgan fingerprint density at radius 2 is 2.17 bits per heavy atom. The van der Waals surface area contributed by atoms with Gasteiger partial charge in [0.2, 0.25) is 5.91 Å². The maximum atomic E-state index is 11.7. The molecular formula is C13H20BrN3O. The first-order valence-electron chi connectivity index (χ1n) is 5.82. The van der Waals surface area contributed by atoms with E-state index in [4.69, 9.17) is 5.73 Å². The minimum absolute atomic E-state index is 0.376. The quantitative estimate of drug-likeness (QED) is 0.832. The summed E-state index contributed by atoms with van der Waals surface area (Å²) in [4.78, 5) is 13.8. The van der Waals surface area contributed by atoms with Crippen molar-refractivity contribution in [1.82, 2.24) is 10.2 Å². The Bertz CT molecular complexity index is 422. The Kier molecular flexibility index (Phi) is 5.31. The van der Waals surface area contributed by atoms with Crippen LogP contribution in [0.4, 0.5) is 0 Å². The summed E-state index contributed by atoms with van der Waals surface area (Å²) in [5, 5.41) is 3.23. The number of hydrogen-bond acceptors (Lipinski definition) is 3. The summed E-state index contributed by atoms with van der Waals surface area (Å²) in [6, 6.07) is 7.63. The zero-order valence-corrected chi connectivity index (χ0v) is 12.6. The standard InChI is InChI=1S/C13H20BrN3O/c1-13(12(15)18,16-7-8-17(2)3)10-5-4-6-11(14)9-10/h4-6,9,16H,7-8H2,1-3H3,(H2,15,18). The highest BCUT2D eigenvalue weighted by atomic mass is 79.9. The molecule has 0 saturated heterocycles. The van der Waals surface area contributed by atoms with Crippen LogP contribution in [0.5, 0.6) is 0 Å². The number of nitrogens with one attached hydrogen (secondary N) is 1. The van der Waals surface area contributed by atoms with Gasteiger partial charge in [-0.3, -0.25) is 10.1 Å². The van der Waals surface area contributed by atoms with Crippen molar-refractivity contribution in [2.45, 2.75) is 12.5 Å². The largest absolute Gasteiger partial charge is 0.368 e. The molecule has 1 unspecified atom stereocenters. The molecule has 0 bridgehead atoms. The van der Waals surface area contributed by atoms with E-state index in [9.17, 15) is 4.79 Å². The molecule has 0 fully saturated rings. The molecule has 1 aromatic rings. The molecule has 100 valence electrons. The van der Waals surface area contributed by atoms with Gasteiger partial charge in [-0.15, -0.1) is 0 Å². The van der Waals surface area contributed by atoms with Gasteiger partial charge in [0.1, 0.15) is 5.54 Å². The van der Waals surface area contributed by atoms with Gasteiger partial charge in [0.05, 0.1) is 0 Å². The molecule has 1 rings (SSSR count). The minimum Gasteiger partial charge on any atom is -0.368 e. The third kappa shape index (κ3) is 3.80. The number of carbonyl (C=O) groups is 1. The number of nitrogens with zero attached hydrogens (tertiary/aromatic N) is 1. The van der Waals surface area contributed by atoms with Gasteiger partial charge < -0.3 is 10.6 Å². The second-order valence-electron chi connectivity index (χ2n) is 4.73. The van der Waals surface area contributed by atoms with E-state index in [1.807, 2.05) is 45.3 Å². The van der Waals surface area contributed by atoms with Crippen LogP contribution in [0.25, 0.3) is 0 Å². The topological polar surface area (TPSA) is 58.4 Å². The summed E-state index contributed by atoms with van der Waals surface area (Å²) in [6.07, 6.45) is 0. The number of nitrogens with two attached hydrogens (primary N) is 1. The Morgan fingerprint density at radius 3 is 2.67 bits per heavy atom. The number of hydrogen-bond donors (Lipinski definition) is 2. The lowest BCUT2D eigenvalue weighted by atomic mass is 9.91. The van der Waals surface area contributed by atoms with Crippen molar-refractivity contribution in [3.8, 4) is 0 Å². The molecule has 0 heterocycles. The van der Waals surface area contributed by atoms with Crippen LogP contribution in [-0.4, -0.2) is 38.0 Å². The molecule has 18 heavy (non-hydrogen) atoms. The van der Waals surface area contributed by atoms with E-state index < -0.39 is 5.54 Å². The van der Waals surface area contributed by atoms with E-state index in [0.29, 0.717) is 6.54 Å². The fourth-order valence-electron chi connectivity index (χ4n) is 1.66. The summed E-state index contributed by atoms with van der Waals surface area (Å²) in [7, 11) is 3.98. The Labute approximate surface area is 117 Å². The number of amides is 1. The monoisotopic (exact) mass is 313 g/mol. The van der Waals surface area contributed by atoms with Crippen molar-refractivity contribution < 1.29 is 4.79 Å². The Hall–Kier alpha value is -0.910. The van der Waals surface area contributed by atoms with Crippen LogP contribution in [0.1, 0.15) is 12.5 Å². The first-order chi connectivity index (χ1) is 8.36. The Morgan fingerprint density at radius 1 is 1.50 bits per heavy atom. The van der Waals surface area contributed by atoms with Crippen molar-refractivity contribution in [3.63, 3.8) is 0 Å². The smallest absolute Gasteiger partial charge is 0.242 e. The van der Waals surface area contributed by atoms with E-state index in [2.05, 4.69) is 26.1 Å².